The van der Waals surface area contributed by atoms with Gasteiger partial charge in [0, 0.05) is 24.4 Å². The van der Waals surface area contributed by atoms with Gasteiger partial charge in [-0.2, -0.15) is 4.31 Å². The normalized spacial score (nSPS) is 17.0. The van der Waals surface area contributed by atoms with Gasteiger partial charge in [0.25, 0.3) is 5.91 Å². The first kappa shape index (κ1) is 24.8. The molecule has 12 heteroatoms. The van der Waals surface area contributed by atoms with Crippen molar-refractivity contribution in [2.45, 2.75) is 22.4 Å². The summed E-state index contributed by atoms with van der Waals surface area (Å²) in [6.07, 6.45) is 0. The molecule has 2 aromatic carbocycles. The standard InChI is InChI=1S/C23H23N3O7S2/c1-26-21(22(27)16-6-4-5-7-19(16)35(26,29)30)23(28)24-20-11-15(33-25-20)13-34-12-14-8-9-17(31-2)18(10-14)32-3/h4-11,21H,12-13H2,1-3H3,(H,24,25,28). The molecule has 1 amide bonds. The van der Waals surface area contributed by atoms with Crippen molar-refractivity contribution in [2.75, 3.05) is 26.6 Å². The van der Waals surface area contributed by atoms with Crippen molar-refractivity contribution >= 4 is 39.3 Å². The molecule has 3 aromatic rings. The SMILES string of the molecule is COc1ccc(CSCc2cc(NC(=O)C3C(=O)c4ccccc4S(=O)(=O)N3C)no2)cc1OC. The Morgan fingerprint density at radius 2 is 1.86 bits per heavy atom. The number of benzene rings is 2. The van der Waals surface area contributed by atoms with Crippen LogP contribution in [-0.2, 0) is 26.3 Å². The van der Waals surface area contributed by atoms with Crippen molar-refractivity contribution in [1.29, 1.82) is 0 Å². The van der Waals surface area contributed by atoms with E-state index in [1.54, 1.807) is 32.0 Å². The number of fused-ring (bicyclic) bond motifs is 1. The molecule has 0 radical (unpaired) electrons. The summed E-state index contributed by atoms with van der Waals surface area (Å²) in [5.41, 5.74) is 1.01. The fourth-order valence-electron chi connectivity index (χ4n) is 3.66. The van der Waals surface area contributed by atoms with Crippen molar-refractivity contribution in [3.63, 3.8) is 0 Å². The van der Waals surface area contributed by atoms with Crippen LogP contribution >= 0.6 is 11.8 Å². The Morgan fingerprint density at radius 3 is 2.60 bits per heavy atom. The average Bonchev–Trinajstić information content (AvgIpc) is 3.30. The zero-order valence-corrected chi connectivity index (χ0v) is 20.8. The van der Waals surface area contributed by atoms with Crippen LogP contribution in [0.1, 0.15) is 21.7 Å². The molecule has 1 N–H and O–H groups in total. The van der Waals surface area contributed by atoms with Crippen molar-refractivity contribution < 1.29 is 32.0 Å². The van der Waals surface area contributed by atoms with E-state index in [1.807, 2.05) is 18.2 Å². The number of thioether (sulfide) groups is 1. The van der Waals surface area contributed by atoms with Crippen LogP contribution in [0, 0.1) is 0 Å². The molecule has 4 rings (SSSR count). The van der Waals surface area contributed by atoms with E-state index in [-0.39, 0.29) is 16.3 Å². The average molecular weight is 518 g/mol. The second-order valence-electron chi connectivity index (χ2n) is 7.63. The lowest BCUT2D eigenvalue weighted by Gasteiger charge is -2.30. The molecule has 1 aliphatic rings. The Morgan fingerprint density at radius 1 is 1.11 bits per heavy atom. The number of aromatic nitrogens is 1. The zero-order valence-electron chi connectivity index (χ0n) is 19.2. The highest BCUT2D eigenvalue weighted by Gasteiger charge is 2.45. The molecule has 2 heterocycles. The predicted molar refractivity (Wildman–Crippen MR) is 129 cm³/mol. The molecule has 0 bridgehead atoms. The maximum Gasteiger partial charge on any atom is 0.252 e. The molecule has 35 heavy (non-hydrogen) atoms. The van der Waals surface area contributed by atoms with Crippen molar-refractivity contribution in [3.8, 4) is 11.5 Å². The number of ketones is 1. The minimum absolute atomic E-state index is 0.0156. The molecule has 0 spiro atoms. The second kappa shape index (κ2) is 10.1. The first-order chi connectivity index (χ1) is 16.8. The highest BCUT2D eigenvalue weighted by atomic mass is 32.2. The molecule has 10 nitrogen and oxygen atoms in total. The second-order valence-corrected chi connectivity index (χ2v) is 10.6. The largest absolute Gasteiger partial charge is 0.493 e. The number of methoxy groups -OCH3 is 2. The smallest absolute Gasteiger partial charge is 0.252 e. The topological polar surface area (TPSA) is 128 Å². The van der Waals surface area contributed by atoms with Gasteiger partial charge in [-0.1, -0.05) is 23.4 Å². The van der Waals surface area contributed by atoms with E-state index in [9.17, 15) is 18.0 Å². The molecule has 184 valence electrons. The lowest BCUT2D eigenvalue weighted by molar-refractivity contribution is -0.118. The number of anilines is 1. The number of nitrogens with zero attached hydrogens (tertiary/aromatic N) is 2. The minimum Gasteiger partial charge on any atom is -0.493 e. The van der Waals surface area contributed by atoms with Crippen LogP contribution < -0.4 is 14.8 Å². The van der Waals surface area contributed by atoms with Crippen molar-refractivity contribution in [3.05, 3.63) is 65.4 Å². The van der Waals surface area contributed by atoms with Crippen molar-refractivity contribution in [1.82, 2.24) is 9.46 Å². The van der Waals surface area contributed by atoms with Gasteiger partial charge in [0.1, 0.15) is 5.76 Å². The van der Waals surface area contributed by atoms with Crippen molar-refractivity contribution in [2.24, 2.45) is 0 Å². The van der Waals surface area contributed by atoms with E-state index in [2.05, 4.69) is 10.5 Å². The maximum absolute atomic E-state index is 12.9. The number of rotatable bonds is 8. The summed E-state index contributed by atoms with van der Waals surface area (Å²) in [7, 11) is 0.357. The number of ether oxygens (including phenoxy) is 2. The molecule has 1 aromatic heterocycles. The van der Waals surface area contributed by atoms with Crippen LogP contribution in [0.15, 0.2) is 57.9 Å². The molecule has 0 aliphatic carbocycles. The molecule has 0 saturated heterocycles. The Kier molecular flexibility index (Phi) is 7.15. The van der Waals surface area contributed by atoms with Crippen LogP contribution in [0.3, 0.4) is 0 Å². The number of carbonyl (C=O) groups excluding carboxylic acids is 2. The third-order valence-corrected chi connectivity index (χ3v) is 8.35. The Balaban J connectivity index is 1.39. The van der Waals surface area contributed by atoms with E-state index < -0.39 is 27.8 Å². The Labute approximate surface area is 206 Å². The third kappa shape index (κ3) is 4.90. The van der Waals surface area contributed by atoms with Gasteiger partial charge < -0.3 is 19.3 Å². The van der Waals surface area contributed by atoms with E-state index in [0.29, 0.717) is 28.8 Å². The van der Waals surface area contributed by atoms with Gasteiger partial charge in [0.05, 0.1) is 24.9 Å². The number of Topliss-reactive ketones (excluding diaryl/α,β-unsaturated/α-hetero) is 1. The maximum atomic E-state index is 12.9. The number of hydrogen-bond donors (Lipinski definition) is 1. The minimum atomic E-state index is -4.00. The fourth-order valence-corrected chi connectivity index (χ4v) is 5.99. The first-order valence-corrected chi connectivity index (χ1v) is 13.0. The van der Waals surface area contributed by atoms with Gasteiger partial charge in [-0.25, -0.2) is 8.42 Å². The summed E-state index contributed by atoms with van der Waals surface area (Å²) in [5, 5.41) is 6.31. The quantitative estimate of drug-likeness (QED) is 0.449. The van der Waals surface area contributed by atoms with Crippen LogP contribution in [0.4, 0.5) is 5.82 Å². The molecule has 0 saturated carbocycles. The number of nitrogens with one attached hydrogen (secondary N) is 1. The van der Waals surface area contributed by atoms with E-state index in [4.69, 9.17) is 14.0 Å². The van der Waals surface area contributed by atoms with Gasteiger partial charge in [-0.15, -0.1) is 11.8 Å². The predicted octanol–water partition coefficient (Wildman–Crippen LogP) is 2.95. The number of likely N-dealkylation sites (N-methyl/N-ethyl adjacent to an activating group) is 1. The Bertz CT molecular complexity index is 1370. The van der Waals surface area contributed by atoms with Gasteiger partial charge in [-0.3, -0.25) is 9.59 Å². The first-order valence-electron chi connectivity index (χ1n) is 10.4. The van der Waals surface area contributed by atoms with Gasteiger partial charge >= 0.3 is 0 Å². The number of carbonyl (C=O) groups is 2. The zero-order chi connectivity index (χ0) is 25.2. The van der Waals surface area contributed by atoms with Crippen LogP contribution in [0.5, 0.6) is 11.5 Å². The Hall–Kier alpha value is -3.35. The summed E-state index contributed by atoms with van der Waals surface area (Å²) >= 11 is 1.56. The molecule has 1 aliphatic heterocycles. The van der Waals surface area contributed by atoms with Gasteiger partial charge in [0.2, 0.25) is 10.0 Å². The summed E-state index contributed by atoms with van der Waals surface area (Å²) in [6.45, 7) is 0. The van der Waals surface area contributed by atoms with E-state index >= 15 is 0 Å². The monoisotopic (exact) mass is 517 g/mol. The lowest BCUT2D eigenvalue weighted by atomic mass is 10.0. The highest BCUT2D eigenvalue weighted by Crippen LogP contribution is 2.31. The lowest BCUT2D eigenvalue weighted by Crippen LogP contribution is -2.53. The molecule has 1 unspecified atom stereocenters. The van der Waals surface area contributed by atoms with Gasteiger partial charge in [0.15, 0.2) is 29.1 Å². The molecule has 1 atom stereocenters. The third-order valence-electron chi connectivity index (χ3n) is 5.44. The van der Waals surface area contributed by atoms with E-state index in [1.165, 1.54) is 31.3 Å². The van der Waals surface area contributed by atoms with Gasteiger partial charge in [-0.05, 0) is 29.8 Å². The van der Waals surface area contributed by atoms with Crippen LogP contribution in [0.25, 0.3) is 0 Å². The molecule has 0 fully saturated rings. The highest BCUT2D eigenvalue weighted by molar-refractivity contribution is 7.97. The van der Waals surface area contributed by atoms with Crippen LogP contribution in [-0.4, -0.2) is 56.9 Å². The number of hydrogen-bond acceptors (Lipinski definition) is 9. The summed E-state index contributed by atoms with van der Waals surface area (Å²) in [6, 6.07) is 11.5. The summed E-state index contributed by atoms with van der Waals surface area (Å²) in [5.74, 6) is 1.61. The van der Waals surface area contributed by atoms with Crippen LogP contribution in [0.2, 0.25) is 0 Å². The number of sulfonamides is 1. The summed E-state index contributed by atoms with van der Waals surface area (Å²) < 4.78 is 42.1. The molecular weight excluding hydrogens is 494 g/mol. The van der Waals surface area contributed by atoms with E-state index in [0.717, 1.165) is 9.87 Å². The molecular formula is C23H23N3O7S2. The summed E-state index contributed by atoms with van der Waals surface area (Å²) in [4.78, 5) is 25.6. The fraction of sp³-hybridized carbons (Fsp3) is 0.261. The number of amides is 1.